The molecule has 1 aliphatic carbocycles. The highest BCUT2D eigenvalue weighted by atomic mass is 16.6. The predicted molar refractivity (Wildman–Crippen MR) is 148 cm³/mol. The Morgan fingerprint density at radius 3 is 2.03 bits per heavy atom. The minimum atomic E-state index is -0.820. The molecule has 206 valence electrons. The van der Waals surface area contributed by atoms with Crippen LogP contribution in [0.25, 0.3) is 11.1 Å². The molecule has 0 saturated heterocycles. The van der Waals surface area contributed by atoms with Crippen molar-refractivity contribution in [3.63, 3.8) is 0 Å². The second kappa shape index (κ2) is 13.0. The molecular weight excluding hydrogens is 498 g/mol. The minimum absolute atomic E-state index is 0.0175. The Bertz CT molecular complexity index is 1240. The van der Waals surface area contributed by atoms with Crippen LogP contribution in [0.4, 0.5) is 4.79 Å². The maximum atomic E-state index is 13.2. The number of methoxy groups -OCH3 is 2. The molecule has 3 aromatic rings. The van der Waals surface area contributed by atoms with E-state index in [0.29, 0.717) is 48.8 Å². The van der Waals surface area contributed by atoms with Crippen LogP contribution in [0.3, 0.4) is 0 Å². The van der Waals surface area contributed by atoms with Gasteiger partial charge in [-0.2, -0.15) is 0 Å². The summed E-state index contributed by atoms with van der Waals surface area (Å²) in [5, 5.41) is 8.78. The Hall–Kier alpha value is -4.20. The molecule has 8 heteroatoms. The summed E-state index contributed by atoms with van der Waals surface area (Å²) in [7, 11) is 3.11. The topological polar surface area (TPSA) is 94.5 Å². The van der Waals surface area contributed by atoms with Crippen LogP contribution in [0.1, 0.15) is 48.8 Å². The van der Waals surface area contributed by atoms with Crippen LogP contribution in [-0.4, -0.2) is 56.0 Å². The van der Waals surface area contributed by atoms with Crippen LogP contribution in [0.15, 0.2) is 60.7 Å². The number of ether oxygens (including phenoxy) is 4. The van der Waals surface area contributed by atoms with Gasteiger partial charge in [0.15, 0.2) is 0 Å². The van der Waals surface area contributed by atoms with Gasteiger partial charge in [0.2, 0.25) is 0 Å². The number of benzene rings is 3. The molecule has 1 amide bonds. The fourth-order valence-electron chi connectivity index (χ4n) is 4.95. The molecule has 0 heterocycles. The molecule has 0 aromatic heterocycles. The van der Waals surface area contributed by atoms with Gasteiger partial charge >= 0.3 is 12.1 Å². The van der Waals surface area contributed by atoms with Gasteiger partial charge in [0.1, 0.15) is 23.9 Å². The van der Waals surface area contributed by atoms with E-state index in [9.17, 15) is 9.59 Å². The number of fused-ring (bicyclic) bond motifs is 3. The van der Waals surface area contributed by atoms with Gasteiger partial charge in [-0.1, -0.05) is 48.5 Å². The summed E-state index contributed by atoms with van der Waals surface area (Å²) in [4.78, 5) is 25.5. The fourth-order valence-corrected chi connectivity index (χ4v) is 4.95. The van der Waals surface area contributed by atoms with Crippen molar-refractivity contribution in [2.24, 2.45) is 0 Å². The number of carboxylic acid groups (broad SMARTS) is 1. The zero-order valence-corrected chi connectivity index (χ0v) is 22.6. The molecule has 1 aliphatic rings. The fraction of sp³-hybridized carbons (Fsp3) is 0.355. The van der Waals surface area contributed by atoms with Crippen molar-refractivity contribution in [3.05, 3.63) is 77.4 Å². The summed E-state index contributed by atoms with van der Waals surface area (Å²) in [6.07, 6.45) is 0.844. The highest BCUT2D eigenvalue weighted by molar-refractivity contribution is 5.79. The third-order valence-electron chi connectivity index (χ3n) is 6.96. The SMILES string of the molecule is CCN(Cc1c(OC)cc(OCCCCC(=O)O)cc1OC)C(=O)OCC1c2ccccc2-c2ccccc21. The van der Waals surface area contributed by atoms with E-state index in [1.807, 2.05) is 31.2 Å². The normalized spacial score (nSPS) is 11.9. The van der Waals surface area contributed by atoms with Gasteiger partial charge in [0, 0.05) is 31.0 Å². The minimum Gasteiger partial charge on any atom is -0.496 e. The predicted octanol–water partition coefficient (Wildman–Crippen LogP) is 6.11. The molecule has 0 bridgehead atoms. The first-order valence-electron chi connectivity index (χ1n) is 13.2. The average molecular weight is 534 g/mol. The molecule has 0 aliphatic heterocycles. The Morgan fingerprint density at radius 2 is 1.49 bits per heavy atom. The summed E-state index contributed by atoms with van der Waals surface area (Å²) in [5.41, 5.74) is 5.39. The van der Waals surface area contributed by atoms with Gasteiger partial charge in [-0.25, -0.2) is 4.79 Å². The van der Waals surface area contributed by atoms with E-state index >= 15 is 0 Å². The second-order valence-corrected chi connectivity index (χ2v) is 9.32. The van der Waals surface area contributed by atoms with E-state index < -0.39 is 12.1 Å². The Kier molecular flexibility index (Phi) is 9.31. The first-order chi connectivity index (χ1) is 19.0. The molecule has 39 heavy (non-hydrogen) atoms. The van der Waals surface area contributed by atoms with Crippen molar-refractivity contribution in [1.82, 2.24) is 4.90 Å². The standard InChI is InChI=1S/C31H35NO7/c1-4-32(19-26-28(36-2)17-21(18-29(26)37-3)38-16-10-9-15-30(33)34)31(35)39-20-27-24-13-7-5-11-22(24)23-12-6-8-14-25(23)27/h5-8,11-14,17-18,27H,4,9-10,15-16,19-20H2,1-3H3,(H,33,34). The first-order valence-corrected chi connectivity index (χ1v) is 13.2. The van der Waals surface area contributed by atoms with E-state index in [0.717, 1.165) is 11.1 Å². The second-order valence-electron chi connectivity index (χ2n) is 9.32. The smallest absolute Gasteiger partial charge is 0.410 e. The number of hydrogen-bond donors (Lipinski definition) is 1. The van der Waals surface area contributed by atoms with E-state index in [2.05, 4.69) is 24.3 Å². The van der Waals surface area contributed by atoms with E-state index in [-0.39, 0.29) is 25.5 Å². The van der Waals surface area contributed by atoms with Crippen molar-refractivity contribution in [3.8, 4) is 28.4 Å². The Balaban J connectivity index is 1.44. The monoisotopic (exact) mass is 533 g/mol. The van der Waals surface area contributed by atoms with Gasteiger partial charge in [-0.05, 0) is 42.0 Å². The van der Waals surface area contributed by atoms with Crippen molar-refractivity contribution in [2.45, 2.75) is 38.6 Å². The van der Waals surface area contributed by atoms with E-state index in [1.54, 1.807) is 31.3 Å². The number of amides is 1. The van der Waals surface area contributed by atoms with Gasteiger partial charge in [-0.3, -0.25) is 4.79 Å². The third kappa shape index (κ3) is 6.45. The quantitative estimate of drug-likeness (QED) is 0.265. The van der Waals surface area contributed by atoms with Crippen LogP contribution in [0, 0.1) is 0 Å². The Morgan fingerprint density at radius 1 is 0.897 bits per heavy atom. The van der Waals surface area contributed by atoms with Crippen molar-refractivity contribution in [1.29, 1.82) is 0 Å². The van der Waals surface area contributed by atoms with Crippen LogP contribution in [0.2, 0.25) is 0 Å². The number of unbranched alkanes of at least 4 members (excludes halogenated alkanes) is 1. The van der Waals surface area contributed by atoms with E-state index in [1.165, 1.54) is 11.1 Å². The largest absolute Gasteiger partial charge is 0.496 e. The lowest BCUT2D eigenvalue weighted by molar-refractivity contribution is -0.137. The summed E-state index contributed by atoms with van der Waals surface area (Å²) in [6.45, 7) is 3.18. The number of nitrogens with zero attached hydrogens (tertiary/aromatic N) is 1. The van der Waals surface area contributed by atoms with Crippen LogP contribution in [0.5, 0.6) is 17.2 Å². The summed E-state index contributed by atoms with van der Waals surface area (Å²) in [5.74, 6) is 0.766. The van der Waals surface area contributed by atoms with Crippen molar-refractivity contribution < 1.29 is 33.6 Å². The zero-order valence-electron chi connectivity index (χ0n) is 22.6. The zero-order chi connectivity index (χ0) is 27.8. The van der Waals surface area contributed by atoms with Crippen LogP contribution >= 0.6 is 0 Å². The van der Waals surface area contributed by atoms with Gasteiger partial charge in [-0.15, -0.1) is 0 Å². The summed E-state index contributed by atoms with van der Waals surface area (Å²) in [6, 6.07) is 20.0. The number of carboxylic acids is 1. The number of aliphatic carboxylic acids is 1. The molecule has 3 aromatic carbocycles. The Labute approximate surface area is 229 Å². The van der Waals surface area contributed by atoms with Gasteiger partial charge in [0.05, 0.1) is 32.9 Å². The van der Waals surface area contributed by atoms with Crippen molar-refractivity contribution >= 4 is 12.1 Å². The molecule has 0 atom stereocenters. The summed E-state index contributed by atoms with van der Waals surface area (Å²) >= 11 is 0. The highest BCUT2D eigenvalue weighted by Gasteiger charge is 2.30. The maximum absolute atomic E-state index is 13.2. The molecule has 0 radical (unpaired) electrons. The van der Waals surface area contributed by atoms with Crippen molar-refractivity contribution in [2.75, 3.05) is 34.0 Å². The van der Waals surface area contributed by atoms with E-state index in [4.69, 9.17) is 24.1 Å². The average Bonchev–Trinajstić information content (AvgIpc) is 3.27. The third-order valence-corrected chi connectivity index (χ3v) is 6.96. The van der Waals surface area contributed by atoms with Crippen LogP contribution < -0.4 is 14.2 Å². The summed E-state index contributed by atoms with van der Waals surface area (Å²) < 4.78 is 22.9. The molecule has 8 nitrogen and oxygen atoms in total. The first kappa shape index (κ1) is 27.8. The molecule has 1 N–H and O–H groups in total. The molecule has 0 fully saturated rings. The lowest BCUT2D eigenvalue weighted by atomic mass is 9.98. The molecule has 0 spiro atoms. The molecular formula is C31H35NO7. The molecule has 0 saturated carbocycles. The molecule has 0 unspecified atom stereocenters. The number of carbonyl (C=O) groups is 2. The van der Waals surface area contributed by atoms with Gasteiger partial charge < -0.3 is 29.0 Å². The number of hydrogen-bond acceptors (Lipinski definition) is 6. The number of carbonyl (C=O) groups excluding carboxylic acids is 1. The number of rotatable bonds is 13. The highest BCUT2D eigenvalue weighted by Crippen LogP contribution is 2.44. The lowest BCUT2D eigenvalue weighted by Gasteiger charge is -2.24. The molecule has 4 rings (SSSR count). The maximum Gasteiger partial charge on any atom is 0.410 e. The lowest BCUT2D eigenvalue weighted by Crippen LogP contribution is -2.32. The van der Waals surface area contributed by atoms with Crippen LogP contribution in [-0.2, 0) is 16.1 Å². The van der Waals surface area contributed by atoms with Gasteiger partial charge in [0.25, 0.3) is 0 Å².